The number of hydrogen-bond donors (Lipinski definition) is 1. The van der Waals surface area contributed by atoms with Crippen LogP contribution in [0.15, 0.2) is 18.2 Å². The lowest BCUT2D eigenvalue weighted by Crippen LogP contribution is -2.30. The summed E-state index contributed by atoms with van der Waals surface area (Å²) in [5, 5.41) is 11.0. The molecule has 6 heteroatoms. The fourth-order valence-corrected chi connectivity index (χ4v) is 3.86. The molecule has 2 aliphatic rings. The van der Waals surface area contributed by atoms with E-state index >= 15 is 0 Å². The van der Waals surface area contributed by atoms with E-state index in [2.05, 4.69) is 4.90 Å². The largest absolute Gasteiger partial charge is 0.327 e. The maximum Gasteiger partial charge on any atom is 0.287 e. The van der Waals surface area contributed by atoms with Crippen LogP contribution in [0.25, 0.3) is 0 Å². The molecule has 0 amide bonds. The van der Waals surface area contributed by atoms with Crippen molar-refractivity contribution < 1.29 is 4.92 Å². The highest BCUT2D eigenvalue weighted by molar-refractivity contribution is 6.32. The van der Waals surface area contributed by atoms with Gasteiger partial charge in [-0.25, -0.2) is 0 Å². The van der Waals surface area contributed by atoms with Gasteiger partial charge in [0.2, 0.25) is 0 Å². The van der Waals surface area contributed by atoms with Crippen LogP contribution in [0.1, 0.15) is 18.4 Å². The zero-order valence-electron chi connectivity index (χ0n) is 11.2. The Morgan fingerprint density at radius 2 is 2.20 bits per heavy atom. The molecule has 1 aliphatic heterocycles. The number of nitro groups is 1. The zero-order valence-corrected chi connectivity index (χ0v) is 11.9. The Kier molecular flexibility index (Phi) is 3.67. The van der Waals surface area contributed by atoms with Crippen LogP contribution in [-0.4, -0.2) is 29.0 Å². The van der Waals surface area contributed by atoms with Crippen LogP contribution in [-0.2, 0) is 6.54 Å². The Morgan fingerprint density at radius 1 is 1.40 bits per heavy atom. The maximum atomic E-state index is 10.7. The van der Waals surface area contributed by atoms with E-state index in [1.54, 1.807) is 12.1 Å². The van der Waals surface area contributed by atoms with Gasteiger partial charge < -0.3 is 5.73 Å². The number of fused-ring (bicyclic) bond motifs is 1. The lowest BCUT2D eigenvalue weighted by Gasteiger charge is -2.18. The van der Waals surface area contributed by atoms with E-state index in [1.165, 1.54) is 12.5 Å². The minimum absolute atomic E-state index is 0.0317. The number of benzene rings is 1. The van der Waals surface area contributed by atoms with Gasteiger partial charge in [0, 0.05) is 31.7 Å². The Bertz CT molecular complexity index is 537. The van der Waals surface area contributed by atoms with E-state index in [0.29, 0.717) is 12.0 Å². The first-order chi connectivity index (χ1) is 9.54. The van der Waals surface area contributed by atoms with Crippen LogP contribution in [0.2, 0.25) is 5.02 Å². The zero-order chi connectivity index (χ0) is 14.3. The molecule has 1 aliphatic carbocycles. The number of nitrogens with two attached hydrogens (primary N) is 1. The van der Waals surface area contributed by atoms with Crippen molar-refractivity contribution in [1.29, 1.82) is 0 Å². The van der Waals surface area contributed by atoms with Gasteiger partial charge >= 0.3 is 0 Å². The normalized spacial score (nSPS) is 29.6. The van der Waals surface area contributed by atoms with Crippen LogP contribution in [0.5, 0.6) is 0 Å². The molecule has 2 N–H and O–H groups in total. The molecule has 1 saturated carbocycles. The van der Waals surface area contributed by atoms with Crippen molar-refractivity contribution >= 4 is 17.3 Å². The molecule has 0 spiro atoms. The minimum Gasteiger partial charge on any atom is -0.327 e. The Labute approximate surface area is 122 Å². The lowest BCUT2D eigenvalue weighted by atomic mass is 9.98. The molecule has 0 aromatic heterocycles. The van der Waals surface area contributed by atoms with Gasteiger partial charge in [0.1, 0.15) is 5.02 Å². The van der Waals surface area contributed by atoms with E-state index in [4.69, 9.17) is 17.3 Å². The number of hydrogen-bond acceptors (Lipinski definition) is 4. The molecule has 1 heterocycles. The molecule has 108 valence electrons. The van der Waals surface area contributed by atoms with Gasteiger partial charge in [0.15, 0.2) is 0 Å². The summed E-state index contributed by atoms with van der Waals surface area (Å²) in [6.07, 6.45) is 2.37. The third-order valence-electron chi connectivity index (χ3n) is 4.60. The maximum absolute atomic E-state index is 10.7. The Hall–Kier alpha value is -1.17. The van der Waals surface area contributed by atoms with E-state index < -0.39 is 4.92 Å². The first-order valence-electron chi connectivity index (χ1n) is 6.95. The number of likely N-dealkylation sites (tertiary alicyclic amines) is 1. The average Bonchev–Trinajstić information content (AvgIpc) is 2.91. The van der Waals surface area contributed by atoms with Crippen molar-refractivity contribution in [1.82, 2.24) is 4.90 Å². The highest BCUT2D eigenvalue weighted by Gasteiger charge is 2.40. The van der Waals surface area contributed by atoms with Crippen molar-refractivity contribution in [3.05, 3.63) is 38.9 Å². The summed E-state index contributed by atoms with van der Waals surface area (Å²) in [4.78, 5) is 12.7. The fraction of sp³-hybridized carbons (Fsp3) is 0.571. The molecular weight excluding hydrogens is 278 g/mol. The molecule has 20 heavy (non-hydrogen) atoms. The van der Waals surface area contributed by atoms with Gasteiger partial charge in [0.25, 0.3) is 5.69 Å². The first-order valence-corrected chi connectivity index (χ1v) is 7.33. The van der Waals surface area contributed by atoms with Crippen molar-refractivity contribution in [2.75, 3.05) is 13.1 Å². The van der Waals surface area contributed by atoms with Crippen LogP contribution in [0.3, 0.4) is 0 Å². The fourth-order valence-electron chi connectivity index (χ4n) is 3.58. The lowest BCUT2D eigenvalue weighted by molar-refractivity contribution is -0.384. The molecule has 5 nitrogen and oxygen atoms in total. The Morgan fingerprint density at radius 3 is 2.85 bits per heavy atom. The summed E-state index contributed by atoms with van der Waals surface area (Å²) < 4.78 is 0. The molecule has 2 fully saturated rings. The average molecular weight is 296 g/mol. The van der Waals surface area contributed by atoms with E-state index in [9.17, 15) is 10.1 Å². The number of rotatable bonds is 3. The highest BCUT2D eigenvalue weighted by Crippen LogP contribution is 2.37. The van der Waals surface area contributed by atoms with Gasteiger partial charge in [0.05, 0.1) is 4.92 Å². The van der Waals surface area contributed by atoms with Crippen LogP contribution >= 0.6 is 11.6 Å². The monoisotopic (exact) mass is 295 g/mol. The van der Waals surface area contributed by atoms with Gasteiger partial charge in [-0.05, 0) is 36.3 Å². The molecule has 3 unspecified atom stereocenters. The predicted octanol–water partition coefficient (Wildman–Crippen LogP) is 2.42. The van der Waals surface area contributed by atoms with Gasteiger partial charge in [-0.1, -0.05) is 17.7 Å². The third-order valence-corrected chi connectivity index (χ3v) is 4.91. The summed E-state index contributed by atoms with van der Waals surface area (Å²) in [6, 6.07) is 5.32. The summed E-state index contributed by atoms with van der Waals surface area (Å²) in [5.41, 5.74) is 7.12. The first kappa shape index (κ1) is 13.8. The molecule has 1 aromatic carbocycles. The minimum atomic E-state index is -0.453. The highest BCUT2D eigenvalue weighted by atomic mass is 35.5. The number of nitro benzene ring substituents is 1. The van der Waals surface area contributed by atoms with Crippen molar-refractivity contribution in [3.8, 4) is 0 Å². The molecule has 1 saturated heterocycles. The molecule has 3 atom stereocenters. The molecule has 0 bridgehead atoms. The second-order valence-corrected chi connectivity index (χ2v) is 6.31. The van der Waals surface area contributed by atoms with Crippen molar-refractivity contribution in [2.45, 2.75) is 25.4 Å². The van der Waals surface area contributed by atoms with E-state index in [1.807, 2.05) is 0 Å². The SMILES string of the molecule is NC1CCC2CN(Cc3ccc([N+](=O)[O-])c(Cl)c3)CC12. The number of nitrogens with zero attached hydrogens (tertiary/aromatic N) is 2. The van der Waals surface area contributed by atoms with Crippen LogP contribution < -0.4 is 5.73 Å². The van der Waals surface area contributed by atoms with Gasteiger partial charge in [-0.2, -0.15) is 0 Å². The number of halogens is 1. The quantitative estimate of drug-likeness (QED) is 0.686. The molecule has 0 radical (unpaired) electrons. The molecule has 3 rings (SSSR count). The van der Waals surface area contributed by atoms with E-state index in [0.717, 1.165) is 37.5 Å². The van der Waals surface area contributed by atoms with Crippen molar-refractivity contribution in [2.24, 2.45) is 17.6 Å². The Balaban J connectivity index is 1.67. The van der Waals surface area contributed by atoms with Gasteiger partial charge in [-0.3, -0.25) is 15.0 Å². The second kappa shape index (κ2) is 5.31. The summed E-state index contributed by atoms with van der Waals surface area (Å²) in [6.45, 7) is 2.89. The predicted molar refractivity (Wildman–Crippen MR) is 77.6 cm³/mol. The smallest absolute Gasteiger partial charge is 0.287 e. The van der Waals surface area contributed by atoms with Gasteiger partial charge in [-0.15, -0.1) is 0 Å². The molecular formula is C14H18ClN3O2. The summed E-state index contributed by atoms with van der Waals surface area (Å²) in [5.74, 6) is 1.34. The van der Waals surface area contributed by atoms with Crippen LogP contribution in [0.4, 0.5) is 5.69 Å². The molecule has 1 aromatic rings. The summed E-state index contributed by atoms with van der Waals surface area (Å²) >= 11 is 5.95. The third kappa shape index (κ3) is 2.53. The van der Waals surface area contributed by atoms with Crippen molar-refractivity contribution in [3.63, 3.8) is 0 Å². The van der Waals surface area contributed by atoms with Crippen LogP contribution in [0, 0.1) is 22.0 Å². The second-order valence-electron chi connectivity index (χ2n) is 5.90. The summed E-state index contributed by atoms with van der Waals surface area (Å²) in [7, 11) is 0. The topological polar surface area (TPSA) is 72.4 Å². The standard InChI is InChI=1S/C14H18ClN3O2/c15-12-5-9(1-4-14(12)18(19)20)6-17-7-10-2-3-13(16)11(10)8-17/h1,4-5,10-11,13H,2-3,6-8,16H2. The van der Waals surface area contributed by atoms with E-state index in [-0.39, 0.29) is 10.7 Å².